The fraction of sp³-hybridized carbons (Fsp3) is 0.941. The molecule has 0 spiro atoms. The van der Waals surface area contributed by atoms with Gasteiger partial charge in [-0.25, -0.2) is 0 Å². The molecule has 2 saturated carbocycles. The van der Waals surface area contributed by atoms with E-state index in [1.807, 2.05) is 0 Å². The van der Waals surface area contributed by atoms with Crippen LogP contribution in [0.1, 0.15) is 77.6 Å². The third-order valence-corrected chi connectivity index (χ3v) is 4.94. The highest BCUT2D eigenvalue weighted by atomic mass is 16.5. The Morgan fingerprint density at radius 2 is 1.76 bits per heavy atom. The SMILES string of the molecule is CCCCC(NC1CCC(OC2CCCC2)CC1)C(=O)O. The molecule has 1 atom stereocenters. The smallest absolute Gasteiger partial charge is 0.320 e. The lowest BCUT2D eigenvalue weighted by Gasteiger charge is -2.32. The molecule has 0 radical (unpaired) electrons. The van der Waals surface area contributed by atoms with E-state index in [9.17, 15) is 9.90 Å². The predicted octanol–water partition coefficient (Wildman–Crippen LogP) is 3.49. The molecule has 21 heavy (non-hydrogen) atoms. The van der Waals surface area contributed by atoms with Crippen LogP contribution in [0, 0.1) is 0 Å². The summed E-state index contributed by atoms with van der Waals surface area (Å²) in [6, 6.07) is -0.0198. The number of hydrogen-bond donors (Lipinski definition) is 2. The molecule has 0 heterocycles. The maximum Gasteiger partial charge on any atom is 0.320 e. The van der Waals surface area contributed by atoms with Crippen molar-refractivity contribution in [3.05, 3.63) is 0 Å². The molecular formula is C17H31NO3. The van der Waals surface area contributed by atoms with Crippen molar-refractivity contribution >= 4 is 5.97 Å². The first-order chi connectivity index (χ1) is 10.2. The van der Waals surface area contributed by atoms with Crippen molar-refractivity contribution in [2.45, 2.75) is 102 Å². The van der Waals surface area contributed by atoms with E-state index in [0.29, 0.717) is 18.2 Å². The summed E-state index contributed by atoms with van der Waals surface area (Å²) in [6.45, 7) is 2.10. The van der Waals surface area contributed by atoms with Crippen LogP contribution in [0.5, 0.6) is 0 Å². The molecule has 4 nitrogen and oxygen atoms in total. The van der Waals surface area contributed by atoms with E-state index in [4.69, 9.17) is 4.74 Å². The van der Waals surface area contributed by atoms with E-state index >= 15 is 0 Å². The third kappa shape index (κ3) is 5.59. The summed E-state index contributed by atoms with van der Waals surface area (Å²) in [5, 5.41) is 12.6. The highest BCUT2D eigenvalue weighted by Crippen LogP contribution is 2.28. The molecule has 2 aliphatic carbocycles. The molecule has 0 aromatic rings. The number of ether oxygens (including phenoxy) is 1. The highest BCUT2D eigenvalue weighted by molar-refractivity contribution is 5.73. The standard InChI is InChI=1S/C17H31NO3/c1-2-3-8-16(17(19)20)18-13-9-11-15(12-10-13)21-14-6-4-5-7-14/h13-16,18H,2-12H2,1H3,(H,19,20). The van der Waals surface area contributed by atoms with Gasteiger partial charge < -0.3 is 15.2 Å². The van der Waals surface area contributed by atoms with Crippen molar-refractivity contribution in [1.29, 1.82) is 0 Å². The van der Waals surface area contributed by atoms with Crippen LogP contribution in [0.25, 0.3) is 0 Å². The summed E-state index contributed by atoms with van der Waals surface area (Å²) < 4.78 is 6.17. The maximum atomic E-state index is 11.3. The van der Waals surface area contributed by atoms with E-state index < -0.39 is 5.97 Å². The molecule has 2 rings (SSSR count). The monoisotopic (exact) mass is 297 g/mol. The molecule has 0 amide bonds. The number of aliphatic carboxylic acids is 1. The van der Waals surface area contributed by atoms with Gasteiger partial charge in [0.2, 0.25) is 0 Å². The van der Waals surface area contributed by atoms with Gasteiger partial charge in [-0.05, 0) is 44.9 Å². The lowest BCUT2D eigenvalue weighted by Crippen LogP contribution is -2.45. The topological polar surface area (TPSA) is 58.6 Å². The summed E-state index contributed by atoms with van der Waals surface area (Å²) in [4.78, 5) is 11.3. The van der Waals surface area contributed by atoms with E-state index in [0.717, 1.165) is 44.9 Å². The van der Waals surface area contributed by atoms with Crippen molar-refractivity contribution in [1.82, 2.24) is 5.32 Å². The zero-order valence-electron chi connectivity index (χ0n) is 13.4. The summed E-state index contributed by atoms with van der Waals surface area (Å²) in [5.41, 5.74) is 0. The Hall–Kier alpha value is -0.610. The largest absolute Gasteiger partial charge is 0.480 e. The Morgan fingerprint density at radius 3 is 2.33 bits per heavy atom. The molecule has 0 aromatic heterocycles. The van der Waals surface area contributed by atoms with Crippen molar-refractivity contribution in [3.63, 3.8) is 0 Å². The van der Waals surface area contributed by atoms with Crippen LogP contribution in [0.4, 0.5) is 0 Å². The number of nitrogens with one attached hydrogen (secondary N) is 1. The van der Waals surface area contributed by atoms with E-state index in [2.05, 4.69) is 12.2 Å². The number of carboxylic acids is 1. The van der Waals surface area contributed by atoms with Gasteiger partial charge in [0.25, 0.3) is 0 Å². The zero-order valence-corrected chi connectivity index (χ0v) is 13.4. The second-order valence-electron chi connectivity index (χ2n) is 6.72. The summed E-state index contributed by atoms with van der Waals surface area (Å²) in [7, 11) is 0. The highest BCUT2D eigenvalue weighted by Gasteiger charge is 2.28. The minimum absolute atomic E-state index is 0.353. The average Bonchev–Trinajstić information content (AvgIpc) is 2.98. The lowest BCUT2D eigenvalue weighted by atomic mass is 9.91. The molecule has 2 fully saturated rings. The quantitative estimate of drug-likeness (QED) is 0.720. The van der Waals surface area contributed by atoms with Crippen molar-refractivity contribution < 1.29 is 14.6 Å². The second kappa shape index (κ2) is 8.74. The maximum absolute atomic E-state index is 11.3. The van der Waals surface area contributed by atoms with Crippen LogP contribution in [0.3, 0.4) is 0 Å². The van der Waals surface area contributed by atoms with Gasteiger partial charge in [0.1, 0.15) is 6.04 Å². The minimum Gasteiger partial charge on any atom is -0.480 e. The fourth-order valence-corrected chi connectivity index (χ4v) is 3.63. The van der Waals surface area contributed by atoms with Gasteiger partial charge in [-0.15, -0.1) is 0 Å². The first-order valence-electron chi connectivity index (χ1n) is 8.83. The lowest BCUT2D eigenvalue weighted by molar-refractivity contribution is -0.140. The van der Waals surface area contributed by atoms with Crippen molar-refractivity contribution in [2.24, 2.45) is 0 Å². The Labute approximate surface area is 128 Å². The fourth-order valence-electron chi connectivity index (χ4n) is 3.63. The molecule has 4 heteroatoms. The minimum atomic E-state index is -0.701. The van der Waals surface area contributed by atoms with Crippen LogP contribution >= 0.6 is 0 Å². The van der Waals surface area contributed by atoms with Gasteiger partial charge in [0, 0.05) is 6.04 Å². The second-order valence-corrected chi connectivity index (χ2v) is 6.72. The first kappa shape index (κ1) is 16.8. The van der Waals surface area contributed by atoms with Crippen LogP contribution in [0.2, 0.25) is 0 Å². The van der Waals surface area contributed by atoms with Gasteiger partial charge in [0.15, 0.2) is 0 Å². The molecule has 122 valence electrons. The van der Waals surface area contributed by atoms with Gasteiger partial charge >= 0.3 is 5.97 Å². The Morgan fingerprint density at radius 1 is 1.14 bits per heavy atom. The number of carbonyl (C=O) groups is 1. The first-order valence-corrected chi connectivity index (χ1v) is 8.83. The van der Waals surface area contributed by atoms with E-state index in [1.54, 1.807) is 0 Å². The van der Waals surface area contributed by atoms with Crippen molar-refractivity contribution in [3.8, 4) is 0 Å². The summed E-state index contributed by atoms with van der Waals surface area (Å²) in [6.07, 6.45) is 13.0. The average molecular weight is 297 g/mol. The van der Waals surface area contributed by atoms with E-state index in [-0.39, 0.29) is 6.04 Å². The Kier molecular flexibility index (Phi) is 6.97. The molecule has 1 unspecified atom stereocenters. The number of carboxylic acid groups (broad SMARTS) is 1. The van der Waals surface area contributed by atoms with Crippen LogP contribution in [0.15, 0.2) is 0 Å². The van der Waals surface area contributed by atoms with Gasteiger partial charge in [0.05, 0.1) is 12.2 Å². The van der Waals surface area contributed by atoms with E-state index in [1.165, 1.54) is 25.7 Å². The number of unbranched alkanes of at least 4 members (excludes halogenated alkanes) is 1. The summed E-state index contributed by atoms with van der Waals surface area (Å²) >= 11 is 0. The number of rotatable bonds is 8. The number of hydrogen-bond acceptors (Lipinski definition) is 3. The molecule has 0 aliphatic heterocycles. The van der Waals surface area contributed by atoms with Gasteiger partial charge in [-0.3, -0.25) is 4.79 Å². The molecule has 0 aromatic carbocycles. The zero-order chi connectivity index (χ0) is 15.1. The Bertz CT molecular complexity index is 307. The predicted molar refractivity (Wildman–Crippen MR) is 83.5 cm³/mol. The molecule has 0 bridgehead atoms. The van der Waals surface area contributed by atoms with Crippen LogP contribution in [-0.4, -0.2) is 35.4 Å². The summed E-state index contributed by atoms with van der Waals surface area (Å²) in [5.74, 6) is -0.701. The van der Waals surface area contributed by atoms with Gasteiger partial charge in [-0.2, -0.15) is 0 Å². The third-order valence-electron chi connectivity index (χ3n) is 4.94. The molecular weight excluding hydrogens is 266 g/mol. The Balaban J connectivity index is 1.68. The van der Waals surface area contributed by atoms with Crippen LogP contribution in [-0.2, 0) is 9.53 Å². The van der Waals surface area contributed by atoms with Crippen LogP contribution < -0.4 is 5.32 Å². The molecule has 0 saturated heterocycles. The molecule has 2 N–H and O–H groups in total. The molecule has 2 aliphatic rings. The van der Waals surface area contributed by atoms with Gasteiger partial charge in [-0.1, -0.05) is 32.6 Å². The van der Waals surface area contributed by atoms with Crippen molar-refractivity contribution in [2.75, 3.05) is 0 Å². The normalized spacial score (nSPS) is 28.6.